The van der Waals surface area contributed by atoms with Gasteiger partial charge < -0.3 is 0 Å². The molecule has 0 aromatic heterocycles. The van der Waals surface area contributed by atoms with Crippen LogP contribution in [-0.4, -0.2) is 47.4 Å². The van der Waals surface area contributed by atoms with Gasteiger partial charge in [0.2, 0.25) is 0 Å². The van der Waals surface area contributed by atoms with Crippen molar-refractivity contribution >= 4 is 23.0 Å². The van der Waals surface area contributed by atoms with Gasteiger partial charge in [-0.2, -0.15) is 0 Å². The molecule has 7 aliphatic rings. The van der Waals surface area contributed by atoms with Crippen molar-refractivity contribution in [1.82, 2.24) is 15.5 Å². The Morgan fingerprint density at radius 3 is 2.68 bits per heavy atom. The zero-order chi connectivity index (χ0) is 32.1. The van der Waals surface area contributed by atoms with Crippen LogP contribution in [0.4, 0.5) is 0 Å². The lowest BCUT2D eigenvalue weighted by Gasteiger charge is -2.50. The molecule has 4 aliphatic carbocycles. The summed E-state index contributed by atoms with van der Waals surface area (Å²) in [6, 6.07) is 9.44. The second-order valence-electron chi connectivity index (χ2n) is 15.2. The highest BCUT2D eigenvalue weighted by Crippen LogP contribution is 2.52. The Morgan fingerprint density at radius 1 is 0.957 bits per heavy atom. The van der Waals surface area contributed by atoms with E-state index in [0.717, 1.165) is 19.3 Å². The fourth-order valence-corrected chi connectivity index (χ4v) is 10.9. The molecule has 5 heteroatoms. The van der Waals surface area contributed by atoms with Crippen LogP contribution in [-0.2, 0) is 0 Å². The molecule has 8 rings (SSSR count). The van der Waals surface area contributed by atoms with Gasteiger partial charge in [-0.15, -0.1) is 11.8 Å². The van der Waals surface area contributed by atoms with Crippen molar-refractivity contribution in [2.24, 2.45) is 28.7 Å². The molecule has 1 aromatic rings. The third-order valence-corrected chi connectivity index (χ3v) is 13.3. The molecule has 1 fully saturated rings. The summed E-state index contributed by atoms with van der Waals surface area (Å²) in [5.74, 6) is 2.07. The SMILES string of the molecule is CC1=NC(C)CC(C2=CC=C(C3NC(C4=CCCCC4C)N(C)C(C4C=CC=CC4)N3)CC2C2C=C3c4ccccc4SC3CC2)=C1. The number of hydrogen-bond acceptors (Lipinski definition) is 5. The highest BCUT2D eigenvalue weighted by atomic mass is 32.2. The summed E-state index contributed by atoms with van der Waals surface area (Å²) in [5, 5.41) is 8.95. The summed E-state index contributed by atoms with van der Waals surface area (Å²) in [4.78, 5) is 8.95. The first-order valence-corrected chi connectivity index (χ1v) is 19.2. The molecule has 9 unspecified atom stereocenters. The molecule has 2 N–H and O–H groups in total. The first-order chi connectivity index (χ1) is 22.9. The van der Waals surface area contributed by atoms with E-state index in [4.69, 9.17) is 4.99 Å². The molecule has 9 atom stereocenters. The number of rotatable bonds is 5. The third-order valence-electron chi connectivity index (χ3n) is 11.9. The molecule has 0 saturated carbocycles. The largest absolute Gasteiger partial charge is 0.287 e. The summed E-state index contributed by atoms with van der Waals surface area (Å²) in [7, 11) is 2.33. The van der Waals surface area contributed by atoms with E-state index in [-0.39, 0.29) is 18.5 Å². The van der Waals surface area contributed by atoms with Gasteiger partial charge in [0.05, 0.1) is 24.5 Å². The Kier molecular flexibility index (Phi) is 8.94. The number of dihydropyridines is 1. The molecule has 3 aliphatic heterocycles. The topological polar surface area (TPSA) is 39.7 Å². The van der Waals surface area contributed by atoms with Crippen LogP contribution in [0.1, 0.15) is 77.7 Å². The van der Waals surface area contributed by atoms with Gasteiger partial charge in [-0.05, 0) is 136 Å². The van der Waals surface area contributed by atoms with Gasteiger partial charge in [-0.1, -0.05) is 73.7 Å². The normalized spacial score (nSPS) is 37.1. The van der Waals surface area contributed by atoms with Gasteiger partial charge in [0.25, 0.3) is 0 Å². The summed E-state index contributed by atoms with van der Waals surface area (Å²) >= 11 is 2.09. The second kappa shape index (κ2) is 13.3. The number of benzene rings is 1. The minimum Gasteiger partial charge on any atom is -0.287 e. The van der Waals surface area contributed by atoms with E-state index >= 15 is 0 Å². The van der Waals surface area contributed by atoms with Gasteiger partial charge in [0.1, 0.15) is 0 Å². The predicted octanol–water partition coefficient (Wildman–Crippen LogP) is 8.99. The molecule has 0 amide bonds. The number of likely N-dealkylation sites (N-methyl/N-ethyl adjacent to an activating group) is 1. The fraction of sp³-hybridized carbons (Fsp3) is 0.500. The van der Waals surface area contributed by atoms with Crippen molar-refractivity contribution in [1.29, 1.82) is 0 Å². The minimum absolute atomic E-state index is 0.144. The van der Waals surface area contributed by atoms with Crippen LogP contribution in [0.5, 0.6) is 0 Å². The van der Waals surface area contributed by atoms with Crippen molar-refractivity contribution in [3.8, 4) is 0 Å². The smallest absolute Gasteiger partial charge is 0.0846 e. The lowest BCUT2D eigenvalue weighted by Crippen LogP contribution is -2.70. The monoisotopic (exact) mass is 644 g/mol. The van der Waals surface area contributed by atoms with Crippen LogP contribution in [0.25, 0.3) is 5.57 Å². The Balaban J connectivity index is 1.15. The van der Waals surface area contributed by atoms with E-state index < -0.39 is 0 Å². The number of aliphatic imine (C=N–C) groups is 1. The zero-order valence-corrected chi connectivity index (χ0v) is 29.5. The molecular formula is C42H52N4S. The number of fused-ring (bicyclic) bond motifs is 3. The Hall–Kier alpha value is -2.70. The lowest BCUT2D eigenvalue weighted by atomic mass is 9.69. The number of allylic oxidation sites excluding steroid dienone is 9. The molecule has 1 saturated heterocycles. The number of hydrogen-bond donors (Lipinski definition) is 2. The number of nitrogens with zero attached hydrogens (tertiary/aromatic N) is 2. The van der Waals surface area contributed by atoms with Gasteiger partial charge in [0.15, 0.2) is 0 Å². The van der Waals surface area contributed by atoms with E-state index in [1.165, 1.54) is 59.4 Å². The third kappa shape index (κ3) is 6.18. The van der Waals surface area contributed by atoms with E-state index in [2.05, 4.69) is 134 Å². The van der Waals surface area contributed by atoms with Gasteiger partial charge >= 0.3 is 0 Å². The summed E-state index contributed by atoms with van der Waals surface area (Å²) < 4.78 is 0. The van der Waals surface area contributed by atoms with Crippen LogP contribution >= 0.6 is 11.8 Å². The van der Waals surface area contributed by atoms with Crippen LogP contribution in [0.15, 0.2) is 111 Å². The maximum atomic E-state index is 4.88. The molecule has 0 spiro atoms. The average molecular weight is 645 g/mol. The molecular weight excluding hydrogens is 593 g/mol. The van der Waals surface area contributed by atoms with Gasteiger partial charge in [-0.3, -0.25) is 20.5 Å². The van der Waals surface area contributed by atoms with Gasteiger partial charge in [-0.25, -0.2) is 0 Å². The fourth-order valence-electron chi connectivity index (χ4n) is 9.56. The van der Waals surface area contributed by atoms with Crippen LogP contribution in [0, 0.1) is 23.7 Å². The summed E-state index contributed by atoms with van der Waals surface area (Å²) in [5.41, 5.74) is 10.4. The van der Waals surface area contributed by atoms with Crippen molar-refractivity contribution in [3.63, 3.8) is 0 Å². The summed E-state index contributed by atoms with van der Waals surface area (Å²) in [6.45, 7) is 6.89. The van der Waals surface area contributed by atoms with Crippen molar-refractivity contribution in [2.45, 2.75) is 107 Å². The Bertz CT molecular complexity index is 1640. The zero-order valence-electron chi connectivity index (χ0n) is 28.7. The highest BCUT2D eigenvalue weighted by Gasteiger charge is 2.42. The molecule has 4 nitrogen and oxygen atoms in total. The maximum absolute atomic E-state index is 4.88. The van der Waals surface area contributed by atoms with Crippen LogP contribution in [0.3, 0.4) is 0 Å². The van der Waals surface area contributed by atoms with Crippen molar-refractivity contribution < 1.29 is 0 Å². The molecule has 0 bridgehead atoms. The van der Waals surface area contributed by atoms with Crippen molar-refractivity contribution in [2.75, 3.05) is 7.05 Å². The van der Waals surface area contributed by atoms with Crippen LogP contribution in [0.2, 0.25) is 0 Å². The minimum atomic E-state index is 0.144. The Labute approximate surface area is 287 Å². The average Bonchev–Trinajstić information content (AvgIpc) is 3.46. The molecule has 3 heterocycles. The second-order valence-corrected chi connectivity index (χ2v) is 16.4. The molecule has 47 heavy (non-hydrogen) atoms. The standard InChI is InChI=1S/C42H52N4S/c1-26-12-8-9-15-33(26)42-45-40(44-41(46(42)4)29-13-6-5-7-14-29)31-18-20-34(32-22-27(2)43-28(3)23-32)36(25-31)30-19-21-39-37(24-30)35-16-10-11-17-38(35)47-39/h5-7,10-11,13,15-18,20,22,24,26,28-30,36,39-42,44-45H,8-9,12,14,19,21,23,25H2,1-4H3. The van der Waals surface area contributed by atoms with E-state index in [1.807, 2.05) is 0 Å². The molecule has 0 radical (unpaired) electrons. The highest BCUT2D eigenvalue weighted by molar-refractivity contribution is 8.00. The number of nitrogens with one attached hydrogen (secondary N) is 2. The first-order valence-electron chi connectivity index (χ1n) is 18.3. The lowest BCUT2D eigenvalue weighted by molar-refractivity contribution is 0.0411. The van der Waals surface area contributed by atoms with E-state index in [9.17, 15) is 0 Å². The predicted molar refractivity (Wildman–Crippen MR) is 199 cm³/mol. The summed E-state index contributed by atoms with van der Waals surface area (Å²) in [6.07, 6.45) is 32.0. The van der Waals surface area contributed by atoms with Crippen molar-refractivity contribution in [3.05, 3.63) is 107 Å². The van der Waals surface area contributed by atoms with E-state index in [1.54, 1.807) is 16.7 Å². The van der Waals surface area contributed by atoms with E-state index in [0.29, 0.717) is 35.0 Å². The Morgan fingerprint density at radius 2 is 1.85 bits per heavy atom. The maximum Gasteiger partial charge on any atom is 0.0846 e. The first kappa shape index (κ1) is 31.6. The quantitative estimate of drug-likeness (QED) is 0.314. The molecule has 246 valence electrons. The van der Waals surface area contributed by atoms with Gasteiger partial charge in [0, 0.05) is 21.8 Å². The van der Waals surface area contributed by atoms with Crippen LogP contribution < -0.4 is 10.6 Å². The molecule has 1 aromatic carbocycles. The number of thioether (sulfide) groups is 1.